The molecule has 39 heavy (non-hydrogen) atoms. The number of carboxylic acids is 1. The van der Waals surface area contributed by atoms with Crippen LogP contribution in [0, 0.1) is 0 Å². The number of nitrogens with zero attached hydrogens (tertiary/aromatic N) is 3. The summed E-state index contributed by atoms with van der Waals surface area (Å²) in [5, 5.41) is 9.54. The Morgan fingerprint density at radius 2 is 1.72 bits per heavy atom. The molecule has 2 atom stereocenters. The molecule has 5 rings (SSSR count). The number of alkyl halides is 6. The molecule has 2 N–H and O–H groups in total. The highest BCUT2D eigenvalue weighted by Gasteiger charge is 2.38. The second-order valence-electron chi connectivity index (χ2n) is 8.98. The van der Waals surface area contributed by atoms with Crippen LogP contribution in [-0.2, 0) is 15.7 Å². The minimum absolute atomic E-state index is 0.162. The number of carbonyl (C=O) groups is 2. The van der Waals surface area contributed by atoms with E-state index in [1.54, 1.807) is 16.7 Å². The molecular formula is C24H22F6N4O5. The molecule has 15 heteroatoms. The van der Waals surface area contributed by atoms with Crippen LogP contribution >= 0.6 is 0 Å². The Labute approximate surface area is 216 Å². The van der Waals surface area contributed by atoms with Crippen LogP contribution in [0.3, 0.4) is 0 Å². The summed E-state index contributed by atoms with van der Waals surface area (Å²) in [5.74, 6) is -3.02. The van der Waals surface area contributed by atoms with Gasteiger partial charge in [-0.3, -0.25) is 4.79 Å². The lowest BCUT2D eigenvalue weighted by atomic mass is 9.93. The fourth-order valence-corrected chi connectivity index (χ4v) is 4.52. The van der Waals surface area contributed by atoms with Crippen molar-refractivity contribution in [2.24, 2.45) is 0 Å². The van der Waals surface area contributed by atoms with E-state index in [1.807, 2.05) is 6.20 Å². The van der Waals surface area contributed by atoms with Gasteiger partial charge in [-0.05, 0) is 37.8 Å². The maximum Gasteiger partial charge on any atom is 0.490 e. The van der Waals surface area contributed by atoms with E-state index in [-0.39, 0.29) is 29.3 Å². The predicted octanol–water partition coefficient (Wildman–Crippen LogP) is 5.07. The van der Waals surface area contributed by atoms with Crippen molar-refractivity contribution in [2.45, 2.75) is 56.2 Å². The predicted molar refractivity (Wildman–Crippen MR) is 122 cm³/mol. The monoisotopic (exact) mass is 560 g/mol. The van der Waals surface area contributed by atoms with Crippen LogP contribution in [0.25, 0.3) is 5.65 Å². The van der Waals surface area contributed by atoms with Crippen LogP contribution in [0.15, 0.2) is 36.7 Å². The van der Waals surface area contributed by atoms with Gasteiger partial charge in [0.1, 0.15) is 22.9 Å². The molecule has 0 aliphatic carbocycles. The highest BCUT2D eigenvalue weighted by atomic mass is 19.4. The number of carbonyl (C=O) groups excluding carboxylic acids is 1. The van der Waals surface area contributed by atoms with Crippen LogP contribution in [0.2, 0.25) is 0 Å². The number of hydrogen-bond acceptors (Lipinski definition) is 6. The topological polar surface area (TPSA) is 115 Å². The number of amides is 1. The first-order valence-corrected chi connectivity index (χ1v) is 11.6. The summed E-state index contributed by atoms with van der Waals surface area (Å²) in [6, 6.07) is 4.98. The second kappa shape index (κ2) is 10.7. The normalized spacial score (nSPS) is 20.7. The Balaban J connectivity index is 0.000000448. The molecule has 2 unspecified atom stereocenters. The molecule has 2 fully saturated rings. The first-order chi connectivity index (χ1) is 18.2. The summed E-state index contributed by atoms with van der Waals surface area (Å²) in [7, 11) is 1.42. The van der Waals surface area contributed by atoms with Gasteiger partial charge in [0.15, 0.2) is 0 Å². The first-order valence-electron chi connectivity index (χ1n) is 11.6. The molecule has 2 aliphatic rings. The fourth-order valence-electron chi connectivity index (χ4n) is 4.52. The van der Waals surface area contributed by atoms with E-state index in [0.29, 0.717) is 11.6 Å². The van der Waals surface area contributed by atoms with Crippen LogP contribution < -0.4 is 10.1 Å². The maximum absolute atomic E-state index is 12.9. The number of anilines is 1. The van der Waals surface area contributed by atoms with E-state index in [0.717, 1.165) is 37.4 Å². The third-order valence-corrected chi connectivity index (χ3v) is 6.27. The molecule has 5 heterocycles. The minimum Gasteiger partial charge on any atom is -0.496 e. The summed E-state index contributed by atoms with van der Waals surface area (Å²) < 4.78 is 83.5. The lowest BCUT2D eigenvalue weighted by molar-refractivity contribution is -0.192. The van der Waals surface area contributed by atoms with Gasteiger partial charge in [-0.25, -0.2) is 14.8 Å². The van der Waals surface area contributed by atoms with Gasteiger partial charge < -0.3 is 24.3 Å². The van der Waals surface area contributed by atoms with Crippen LogP contribution in [0.5, 0.6) is 5.75 Å². The number of rotatable bonds is 4. The SMILES string of the molecule is COc1cc2nc(C3CC4CCC(C3)O4)cn2cc1C(=O)Nc1cccc(C(F)(F)F)n1.O=C(O)C(F)(F)F. The highest BCUT2D eigenvalue weighted by molar-refractivity contribution is 6.05. The standard InChI is InChI=1S/C22H21F3N4O3.C2HF3O2/c1-31-17-9-20-26-16(12-7-13-5-6-14(8-12)32-13)11-29(20)10-15(17)21(30)28-19-4-2-3-18(27-19)22(23,24)25;3-2(4,5)1(6)7/h2-4,9-14H,5-8H2,1H3,(H,27,28,30);(H,6,7). The molecule has 0 radical (unpaired) electrons. The molecule has 3 aromatic rings. The summed E-state index contributed by atoms with van der Waals surface area (Å²) in [4.78, 5) is 29.9. The lowest BCUT2D eigenvalue weighted by Crippen LogP contribution is -2.23. The lowest BCUT2D eigenvalue weighted by Gasteiger charge is -2.26. The van der Waals surface area contributed by atoms with Gasteiger partial charge in [0, 0.05) is 24.4 Å². The van der Waals surface area contributed by atoms with Crippen LogP contribution in [0.1, 0.15) is 53.3 Å². The Bertz CT molecular complexity index is 1360. The number of fused-ring (bicyclic) bond motifs is 3. The molecular weight excluding hydrogens is 538 g/mol. The zero-order chi connectivity index (χ0) is 28.5. The number of imidazole rings is 1. The smallest absolute Gasteiger partial charge is 0.490 e. The third-order valence-electron chi connectivity index (χ3n) is 6.27. The molecule has 9 nitrogen and oxygen atoms in total. The number of hydrogen-bond donors (Lipinski definition) is 2. The second-order valence-corrected chi connectivity index (χ2v) is 8.98. The van der Waals surface area contributed by atoms with Crippen LogP contribution in [0.4, 0.5) is 32.2 Å². The third kappa shape index (κ3) is 6.58. The van der Waals surface area contributed by atoms with Crippen molar-refractivity contribution < 1.29 is 50.5 Å². The molecule has 3 aromatic heterocycles. The van der Waals surface area contributed by atoms with Gasteiger partial charge in [0.25, 0.3) is 5.91 Å². The number of carboxylic acid groups (broad SMARTS) is 1. The number of ether oxygens (including phenoxy) is 2. The Hall–Kier alpha value is -3.88. The van der Waals surface area contributed by atoms with Crippen molar-refractivity contribution in [2.75, 3.05) is 12.4 Å². The van der Waals surface area contributed by atoms with E-state index in [1.165, 1.54) is 19.2 Å². The molecule has 210 valence electrons. The van der Waals surface area contributed by atoms with Crippen molar-refractivity contribution in [3.05, 3.63) is 53.6 Å². The average molecular weight is 560 g/mol. The van der Waals surface area contributed by atoms with E-state index in [9.17, 15) is 31.1 Å². The van der Waals surface area contributed by atoms with Crippen molar-refractivity contribution in [3.63, 3.8) is 0 Å². The molecule has 0 saturated carbocycles. The maximum atomic E-state index is 12.9. The summed E-state index contributed by atoms with van der Waals surface area (Å²) in [6.07, 6.45) is -1.66. The number of aliphatic carboxylic acids is 1. The van der Waals surface area contributed by atoms with E-state index in [2.05, 4.69) is 10.3 Å². The van der Waals surface area contributed by atoms with Crippen molar-refractivity contribution in [3.8, 4) is 5.75 Å². The van der Waals surface area contributed by atoms with Gasteiger partial charge in [0.05, 0.1) is 30.6 Å². The Morgan fingerprint density at radius 1 is 1.08 bits per heavy atom. The van der Waals surface area contributed by atoms with E-state index in [4.69, 9.17) is 24.4 Å². The van der Waals surface area contributed by atoms with E-state index >= 15 is 0 Å². The van der Waals surface area contributed by atoms with Crippen molar-refractivity contribution >= 4 is 23.3 Å². The van der Waals surface area contributed by atoms with Crippen molar-refractivity contribution in [1.82, 2.24) is 14.4 Å². The van der Waals surface area contributed by atoms with Gasteiger partial charge >= 0.3 is 18.3 Å². The van der Waals surface area contributed by atoms with Gasteiger partial charge in [-0.2, -0.15) is 26.3 Å². The minimum atomic E-state index is -5.08. The molecule has 2 aliphatic heterocycles. The summed E-state index contributed by atoms with van der Waals surface area (Å²) in [6.45, 7) is 0. The van der Waals surface area contributed by atoms with Gasteiger partial charge in [0.2, 0.25) is 0 Å². The molecule has 2 saturated heterocycles. The summed E-state index contributed by atoms with van der Waals surface area (Å²) >= 11 is 0. The fraction of sp³-hybridized carbons (Fsp3) is 0.417. The van der Waals surface area contributed by atoms with E-state index < -0.39 is 29.9 Å². The Kier molecular flexibility index (Phi) is 7.73. The number of nitrogens with one attached hydrogen (secondary N) is 1. The zero-order valence-electron chi connectivity index (χ0n) is 20.2. The highest BCUT2D eigenvalue weighted by Crippen LogP contribution is 2.40. The zero-order valence-corrected chi connectivity index (χ0v) is 20.2. The first kappa shape index (κ1) is 28.1. The Morgan fingerprint density at radius 3 is 2.28 bits per heavy atom. The average Bonchev–Trinajstić information content (AvgIpc) is 3.44. The van der Waals surface area contributed by atoms with Gasteiger partial charge in [-0.1, -0.05) is 6.07 Å². The molecule has 0 spiro atoms. The number of pyridine rings is 2. The molecule has 1 amide bonds. The number of methoxy groups -OCH3 is 1. The van der Waals surface area contributed by atoms with Crippen molar-refractivity contribution in [1.29, 1.82) is 0 Å². The molecule has 2 bridgehead atoms. The quantitative estimate of drug-likeness (QED) is 0.429. The number of halogens is 6. The molecule has 0 aromatic carbocycles. The van der Waals surface area contributed by atoms with Gasteiger partial charge in [-0.15, -0.1) is 0 Å². The summed E-state index contributed by atoms with van der Waals surface area (Å²) in [5.41, 5.74) is 0.645. The number of aromatic nitrogens is 3. The van der Waals surface area contributed by atoms with Crippen LogP contribution in [-0.4, -0.2) is 56.8 Å². The largest absolute Gasteiger partial charge is 0.496 e.